The highest BCUT2D eigenvalue weighted by molar-refractivity contribution is 6.08. The number of hydrogen-bond acceptors (Lipinski definition) is 5. The van der Waals surface area contributed by atoms with Crippen molar-refractivity contribution in [2.75, 3.05) is 45.2 Å². The molecular weight excluding hydrogens is 512 g/mol. The van der Waals surface area contributed by atoms with E-state index in [1.807, 2.05) is 4.90 Å². The van der Waals surface area contributed by atoms with Crippen LogP contribution in [0.3, 0.4) is 0 Å². The summed E-state index contributed by atoms with van der Waals surface area (Å²) in [6.45, 7) is 8.18. The lowest BCUT2D eigenvalue weighted by Gasteiger charge is -2.40. The van der Waals surface area contributed by atoms with Crippen LogP contribution in [-0.4, -0.2) is 96.5 Å². The van der Waals surface area contributed by atoms with Gasteiger partial charge in [0, 0.05) is 24.8 Å². The van der Waals surface area contributed by atoms with Crippen LogP contribution in [-0.2, 0) is 19.8 Å². The molecule has 2 aliphatic rings. The first-order valence-electron chi connectivity index (χ1n) is 11.2. The van der Waals surface area contributed by atoms with Crippen molar-refractivity contribution < 1.29 is 50.9 Å². The Morgan fingerprint density at radius 1 is 0.973 bits per heavy atom. The van der Waals surface area contributed by atoms with Gasteiger partial charge in [-0.2, -0.15) is 26.3 Å². The van der Waals surface area contributed by atoms with Crippen molar-refractivity contribution in [1.29, 1.82) is 0 Å². The number of anilines is 1. The molecule has 0 unspecified atom stereocenters. The fourth-order valence-corrected chi connectivity index (χ4v) is 4.02. The molecule has 3 rings (SSSR count). The summed E-state index contributed by atoms with van der Waals surface area (Å²) in [5.74, 6) is -5.19. The largest absolute Gasteiger partial charge is 0.490 e. The zero-order chi connectivity index (χ0) is 28.8. The van der Waals surface area contributed by atoms with Gasteiger partial charge in [-0.3, -0.25) is 4.79 Å². The molecule has 0 bridgehead atoms. The van der Waals surface area contributed by atoms with Gasteiger partial charge in [0.05, 0.1) is 5.41 Å². The van der Waals surface area contributed by atoms with Gasteiger partial charge in [-0.25, -0.2) is 9.59 Å². The van der Waals surface area contributed by atoms with Gasteiger partial charge in [0.25, 0.3) is 0 Å². The minimum Gasteiger partial charge on any atom is -0.475 e. The highest BCUT2D eigenvalue weighted by Gasteiger charge is 2.51. The summed E-state index contributed by atoms with van der Waals surface area (Å²) in [5.41, 5.74) is 2.11. The average Bonchev–Trinajstić information content (AvgIpc) is 3.00. The van der Waals surface area contributed by atoms with Gasteiger partial charge in [0.2, 0.25) is 5.91 Å². The number of carbonyl (C=O) groups is 3. The first-order chi connectivity index (χ1) is 16.8. The number of likely N-dealkylation sites (N-methyl/N-ethyl adjacent to an activating group) is 1. The van der Waals surface area contributed by atoms with Crippen molar-refractivity contribution in [2.24, 2.45) is 0 Å². The number of carbonyl (C=O) groups excluding carboxylic acids is 1. The van der Waals surface area contributed by atoms with E-state index in [2.05, 4.69) is 62.0 Å². The Morgan fingerprint density at radius 2 is 1.41 bits per heavy atom. The Hall–Kier alpha value is -2.87. The minimum absolute atomic E-state index is 0.283. The van der Waals surface area contributed by atoms with Crippen molar-refractivity contribution in [3.8, 4) is 0 Å². The van der Waals surface area contributed by atoms with Crippen LogP contribution < -0.4 is 4.90 Å². The quantitative estimate of drug-likeness (QED) is 0.560. The number of carboxylic acids is 2. The molecule has 210 valence electrons. The summed E-state index contributed by atoms with van der Waals surface area (Å²) >= 11 is 0. The van der Waals surface area contributed by atoms with E-state index >= 15 is 0 Å². The van der Waals surface area contributed by atoms with Gasteiger partial charge in [-0.05, 0) is 65.5 Å². The Labute approximate surface area is 210 Å². The van der Waals surface area contributed by atoms with Crippen molar-refractivity contribution in [2.45, 2.75) is 50.5 Å². The minimum atomic E-state index is -5.08. The molecule has 0 aliphatic carbocycles. The molecule has 2 aliphatic heterocycles. The van der Waals surface area contributed by atoms with Crippen LogP contribution in [0.5, 0.6) is 0 Å². The van der Waals surface area contributed by atoms with Gasteiger partial charge in [-0.1, -0.05) is 18.2 Å². The molecule has 2 N–H and O–H groups in total. The summed E-state index contributed by atoms with van der Waals surface area (Å²) in [5, 5.41) is 14.2. The van der Waals surface area contributed by atoms with E-state index < -0.39 is 24.3 Å². The molecule has 14 heteroatoms. The fourth-order valence-electron chi connectivity index (χ4n) is 4.02. The van der Waals surface area contributed by atoms with E-state index in [-0.39, 0.29) is 5.41 Å². The molecule has 1 aromatic rings. The van der Waals surface area contributed by atoms with Crippen molar-refractivity contribution >= 4 is 23.5 Å². The lowest BCUT2D eigenvalue weighted by molar-refractivity contribution is -0.193. The number of rotatable bonds is 4. The number of nitrogens with zero attached hydrogens (tertiary/aromatic N) is 3. The molecule has 0 atom stereocenters. The Bertz CT molecular complexity index is 918. The van der Waals surface area contributed by atoms with E-state index in [9.17, 15) is 31.1 Å². The molecule has 2 heterocycles. The maximum Gasteiger partial charge on any atom is 0.490 e. The number of hydrogen-bond donors (Lipinski definition) is 2. The van der Waals surface area contributed by atoms with E-state index in [0.29, 0.717) is 11.9 Å². The SMILES string of the molecule is CC(C)N1CCC2(CC1)C(=O)N(CCN(C)C)c1ccccc12.O=C(O)C(F)(F)F.O=C(O)C(F)(F)F. The summed E-state index contributed by atoms with van der Waals surface area (Å²) in [6.07, 6.45) is -8.28. The molecule has 1 aromatic carbocycles. The van der Waals surface area contributed by atoms with Crippen LogP contribution in [0.4, 0.5) is 32.0 Å². The van der Waals surface area contributed by atoms with E-state index in [1.165, 1.54) is 5.56 Å². The van der Waals surface area contributed by atoms with Gasteiger partial charge in [0.1, 0.15) is 0 Å². The number of likely N-dealkylation sites (tertiary alicyclic amines) is 1. The van der Waals surface area contributed by atoms with Gasteiger partial charge < -0.3 is 24.9 Å². The van der Waals surface area contributed by atoms with Crippen LogP contribution in [0.25, 0.3) is 0 Å². The third-order valence-electron chi connectivity index (χ3n) is 6.00. The predicted molar refractivity (Wildman–Crippen MR) is 122 cm³/mol. The second-order valence-electron chi connectivity index (χ2n) is 9.09. The second kappa shape index (κ2) is 12.6. The standard InChI is InChI=1S/C19H29N3O.2C2HF3O2/c1-15(2)21-11-9-19(10-12-21)16-7-5-6-8-17(16)22(18(19)23)14-13-20(3)4;2*3-2(4,5)1(6)7/h5-8,15H,9-14H2,1-4H3;2*(H,6,7). The molecule has 0 saturated carbocycles. The average molecular weight is 544 g/mol. The maximum atomic E-state index is 13.3. The monoisotopic (exact) mass is 543 g/mol. The molecular formula is C23H31F6N3O5. The number of piperidine rings is 1. The van der Waals surface area contributed by atoms with Gasteiger partial charge in [-0.15, -0.1) is 0 Å². The molecule has 1 amide bonds. The number of halogens is 6. The molecule has 1 saturated heterocycles. The van der Waals surface area contributed by atoms with Crippen molar-refractivity contribution in [3.63, 3.8) is 0 Å². The maximum absolute atomic E-state index is 13.3. The topological polar surface area (TPSA) is 101 Å². The number of alkyl halides is 6. The molecule has 0 aromatic heterocycles. The number of para-hydroxylation sites is 1. The molecule has 1 fully saturated rings. The predicted octanol–water partition coefficient (Wildman–Crippen LogP) is 3.60. The molecule has 37 heavy (non-hydrogen) atoms. The third-order valence-corrected chi connectivity index (χ3v) is 6.00. The number of benzene rings is 1. The zero-order valence-electron chi connectivity index (χ0n) is 20.9. The van der Waals surface area contributed by atoms with Crippen LogP contribution >= 0.6 is 0 Å². The Kier molecular flexibility index (Phi) is 10.9. The highest BCUT2D eigenvalue weighted by atomic mass is 19.4. The Morgan fingerprint density at radius 3 is 1.78 bits per heavy atom. The molecule has 1 spiro atoms. The van der Waals surface area contributed by atoms with E-state index in [4.69, 9.17) is 19.8 Å². The smallest absolute Gasteiger partial charge is 0.475 e. The van der Waals surface area contributed by atoms with E-state index in [1.54, 1.807) is 0 Å². The lowest BCUT2D eigenvalue weighted by atomic mass is 9.73. The van der Waals surface area contributed by atoms with Crippen LogP contribution in [0.15, 0.2) is 24.3 Å². The number of fused-ring (bicyclic) bond motifs is 2. The normalized spacial score (nSPS) is 17.2. The molecule has 0 radical (unpaired) electrons. The number of amides is 1. The fraction of sp³-hybridized carbons (Fsp3) is 0.609. The van der Waals surface area contributed by atoms with E-state index in [0.717, 1.165) is 44.7 Å². The summed E-state index contributed by atoms with van der Waals surface area (Å²) in [6, 6.07) is 8.99. The summed E-state index contributed by atoms with van der Waals surface area (Å²) in [4.78, 5) is 37.8. The lowest BCUT2D eigenvalue weighted by Crippen LogP contribution is -2.50. The van der Waals surface area contributed by atoms with Crippen LogP contribution in [0, 0.1) is 0 Å². The number of carboxylic acid groups (broad SMARTS) is 2. The highest BCUT2D eigenvalue weighted by Crippen LogP contribution is 2.47. The van der Waals surface area contributed by atoms with Crippen molar-refractivity contribution in [3.05, 3.63) is 29.8 Å². The zero-order valence-corrected chi connectivity index (χ0v) is 20.9. The van der Waals surface area contributed by atoms with Gasteiger partial charge in [0.15, 0.2) is 0 Å². The Balaban J connectivity index is 0.000000404. The van der Waals surface area contributed by atoms with Crippen molar-refractivity contribution in [1.82, 2.24) is 9.80 Å². The first kappa shape index (κ1) is 32.2. The second-order valence-corrected chi connectivity index (χ2v) is 9.09. The van der Waals surface area contributed by atoms with Crippen LogP contribution in [0.1, 0.15) is 32.3 Å². The summed E-state index contributed by atoms with van der Waals surface area (Å²) < 4.78 is 63.5. The summed E-state index contributed by atoms with van der Waals surface area (Å²) in [7, 11) is 4.12. The van der Waals surface area contributed by atoms with Crippen LogP contribution in [0.2, 0.25) is 0 Å². The molecule has 8 nitrogen and oxygen atoms in total. The number of aliphatic carboxylic acids is 2. The van der Waals surface area contributed by atoms with Gasteiger partial charge >= 0.3 is 24.3 Å². The first-order valence-corrected chi connectivity index (χ1v) is 11.2. The third kappa shape index (κ3) is 8.59.